The molecule has 1 heterocycles. The molecule has 0 radical (unpaired) electrons. The van der Waals surface area contributed by atoms with Crippen LogP contribution in [0.1, 0.15) is 31.5 Å². The van der Waals surface area contributed by atoms with E-state index in [9.17, 15) is 13.2 Å². The molecule has 0 spiro atoms. The summed E-state index contributed by atoms with van der Waals surface area (Å²) in [5.41, 5.74) is 0. The Labute approximate surface area is 96.2 Å². The van der Waals surface area contributed by atoms with Crippen LogP contribution < -0.4 is 5.32 Å². The van der Waals surface area contributed by atoms with Gasteiger partial charge in [-0.2, -0.15) is 18.4 Å². The molecule has 5 nitrogen and oxygen atoms in total. The molecule has 1 saturated carbocycles. The topological polar surface area (TPSA) is 66.5 Å². The molecule has 0 aromatic carbocycles. The van der Waals surface area contributed by atoms with Gasteiger partial charge in [0.2, 0.25) is 0 Å². The second-order valence-electron chi connectivity index (χ2n) is 4.30. The Morgan fingerprint density at radius 2 is 1.94 bits per heavy atom. The third-order valence-corrected chi connectivity index (χ3v) is 3.13. The van der Waals surface area contributed by atoms with Gasteiger partial charge in [0.1, 0.15) is 0 Å². The smallest absolute Gasteiger partial charge is 0.307 e. The fourth-order valence-corrected chi connectivity index (χ4v) is 2.12. The molecule has 0 amide bonds. The van der Waals surface area contributed by atoms with E-state index in [-0.39, 0.29) is 18.9 Å². The molecule has 0 aliphatic heterocycles. The van der Waals surface area contributed by atoms with Gasteiger partial charge in [-0.1, -0.05) is 5.21 Å². The maximum atomic E-state index is 12.4. The molecule has 1 aromatic heterocycles. The summed E-state index contributed by atoms with van der Waals surface area (Å²) in [5, 5.41) is 16.4. The fourth-order valence-electron chi connectivity index (χ4n) is 2.12. The Bertz CT molecular complexity index is 329. The van der Waals surface area contributed by atoms with Crippen molar-refractivity contribution < 1.29 is 13.2 Å². The zero-order valence-corrected chi connectivity index (χ0v) is 9.17. The van der Waals surface area contributed by atoms with Gasteiger partial charge in [-0.25, -0.2) is 0 Å². The number of nitrogens with zero attached hydrogens (tertiary/aromatic N) is 3. The van der Waals surface area contributed by atoms with Gasteiger partial charge in [0.05, 0.1) is 12.5 Å². The summed E-state index contributed by atoms with van der Waals surface area (Å²) in [6, 6.07) is 0.118. The summed E-state index contributed by atoms with van der Waals surface area (Å²) in [6.45, 7) is 0.442. The van der Waals surface area contributed by atoms with Crippen LogP contribution in [0.4, 0.5) is 13.2 Å². The van der Waals surface area contributed by atoms with Gasteiger partial charge in [-0.05, 0) is 25.7 Å². The maximum Gasteiger partial charge on any atom is 0.391 e. The standard InChI is InChI=1S/C9H14F3N5/c10-9(11,12)6-1-3-7(4-2-6)13-5-8-14-16-17-15-8/h6-7,13H,1-5H2,(H,14,15,16,17). The van der Waals surface area contributed by atoms with Crippen LogP contribution >= 0.6 is 0 Å². The predicted octanol–water partition coefficient (Wildman–Crippen LogP) is 1.41. The number of aromatic amines is 1. The number of nitrogens with one attached hydrogen (secondary N) is 2. The van der Waals surface area contributed by atoms with E-state index in [4.69, 9.17) is 0 Å². The van der Waals surface area contributed by atoms with Crippen molar-refractivity contribution in [2.24, 2.45) is 5.92 Å². The van der Waals surface area contributed by atoms with Crippen LogP contribution in [0.5, 0.6) is 0 Å². The molecule has 0 atom stereocenters. The molecule has 2 N–H and O–H groups in total. The first kappa shape index (κ1) is 12.3. The summed E-state index contributed by atoms with van der Waals surface area (Å²) in [7, 11) is 0. The third-order valence-electron chi connectivity index (χ3n) is 3.13. The largest absolute Gasteiger partial charge is 0.391 e. The Morgan fingerprint density at radius 3 is 2.47 bits per heavy atom. The Balaban J connectivity index is 1.72. The molecule has 8 heteroatoms. The number of hydrogen-bond donors (Lipinski definition) is 2. The molecule has 1 fully saturated rings. The molecule has 1 aliphatic carbocycles. The highest BCUT2D eigenvalue weighted by Gasteiger charge is 2.41. The first-order chi connectivity index (χ1) is 8.05. The molecule has 2 rings (SSSR count). The molecular formula is C9H14F3N5. The molecule has 0 bridgehead atoms. The van der Waals surface area contributed by atoms with Gasteiger partial charge >= 0.3 is 6.18 Å². The van der Waals surface area contributed by atoms with E-state index in [0.717, 1.165) is 0 Å². The molecule has 1 aliphatic rings. The number of hydrogen-bond acceptors (Lipinski definition) is 4. The number of rotatable bonds is 3. The Morgan fingerprint density at radius 1 is 1.24 bits per heavy atom. The quantitative estimate of drug-likeness (QED) is 0.850. The number of aromatic nitrogens is 4. The molecule has 96 valence electrons. The van der Waals surface area contributed by atoms with Gasteiger partial charge < -0.3 is 5.32 Å². The summed E-state index contributed by atoms with van der Waals surface area (Å²) in [4.78, 5) is 0. The lowest BCUT2D eigenvalue weighted by atomic mass is 9.85. The summed E-state index contributed by atoms with van der Waals surface area (Å²) < 4.78 is 37.3. The van der Waals surface area contributed by atoms with Gasteiger partial charge in [-0.15, -0.1) is 10.2 Å². The Hall–Kier alpha value is -1.18. The number of tetrazole rings is 1. The number of halogens is 3. The average molecular weight is 249 g/mol. The highest BCUT2D eigenvalue weighted by atomic mass is 19.4. The zero-order chi connectivity index (χ0) is 12.3. The summed E-state index contributed by atoms with van der Waals surface area (Å²) in [6.07, 6.45) is -2.55. The van der Waals surface area contributed by atoms with Crippen molar-refractivity contribution in [2.75, 3.05) is 0 Å². The minimum absolute atomic E-state index is 0.118. The van der Waals surface area contributed by atoms with Crippen molar-refractivity contribution in [2.45, 2.75) is 44.4 Å². The van der Waals surface area contributed by atoms with E-state index in [1.807, 2.05) is 0 Å². The normalized spacial score (nSPS) is 26.1. The molecule has 0 saturated heterocycles. The monoisotopic (exact) mass is 249 g/mol. The van der Waals surface area contributed by atoms with E-state index < -0.39 is 12.1 Å². The van der Waals surface area contributed by atoms with E-state index >= 15 is 0 Å². The molecule has 0 unspecified atom stereocenters. The van der Waals surface area contributed by atoms with Crippen LogP contribution in [0.25, 0.3) is 0 Å². The SMILES string of the molecule is FC(F)(F)C1CCC(NCc2nn[nH]n2)CC1. The lowest BCUT2D eigenvalue weighted by molar-refractivity contribution is -0.182. The third kappa shape index (κ3) is 3.39. The van der Waals surface area contributed by atoms with E-state index in [1.165, 1.54) is 0 Å². The lowest BCUT2D eigenvalue weighted by Crippen LogP contribution is -2.36. The Kier molecular flexibility index (Phi) is 3.60. The average Bonchev–Trinajstić information content (AvgIpc) is 2.78. The summed E-state index contributed by atoms with van der Waals surface area (Å²) in [5.74, 6) is -0.603. The highest BCUT2D eigenvalue weighted by Crippen LogP contribution is 2.37. The van der Waals surface area contributed by atoms with Crippen LogP contribution in [-0.4, -0.2) is 32.8 Å². The zero-order valence-electron chi connectivity index (χ0n) is 9.17. The van der Waals surface area contributed by atoms with Crippen molar-refractivity contribution in [1.82, 2.24) is 25.9 Å². The van der Waals surface area contributed by atoms with Crippen LogP contribution in [-0.2, 0) is 6.54 Å². The van der Waals surface area contributed by atoms with Crippen LogP contribution in [0.2, 0.25) is 0 Å². The van der Waals surface area contributed by atoms with Crippen molar-refractivity contribution in [3.8, 4) is 0 Å². The van der Waals surface area contributed by atoms with Crippen molar-refractivity contribution in [3.05, 3.63) is 5.82 Å². The van der Waals surface area contributed by atoms with Crippen LogP contribution in [0, 0.1) is 5.92 Å². The first-order valence-electron chi connectivity index (χ1n) is 5.58. The second-order valence-corrected chi connectivity index (χ2v) is 4.30. The molecule has 1 aromatic rings. The van der Waals surface area contributed by atoms with Gasteiger partial charge in [0, 0.05) is 6.04 Å². The van der Waals surface area contributed by atoms with Crippen LogP contribution in [0.15, 0.2) is 0 Å². The van der Waals surface area contributed by atoms with Crippen molar-refractivity contribution in [1.29, 1.82) is 0 Å². The molecule has 17 heavy (non-hydrogen) atoms. The first-order valence-corrected chi connectivity index (χ1v) is 5.58. The number of alkyl halides is 3. The maximum absolute atomic E-state index is 12.4. The second kappa shape index (κ2) is 4.99. The minimum atomic E-state index is -4.04. The summed E-state index contributed by atoms with van der Waals surface area (Å²) >= 11 is 0. The highest BCUT2D eigenvalue weighted by molar-refractivity contribution is 4.83. The van der Waals surface area contributed by atoms with E-state index in [2.05, 4.69) is 25.9 Å². The predicted molar refractivity (Wildman–Crippen MR) is 52.8 cm³/mol. The molecular weight excluding hydrogens is 235 g/mol. The van der Waals surface area contributed by atoms with Gasteiger partial charge in [0.15, 0.2) is 5.82 Å². The van der Waals surface area contributed by atoms with Crippen molar-refractivity contribution >= 4 is 0 Å². The van der Waals surface area contributed by atoms with E-state index in [0.29, 0.717) is 25.2 Å². The minimum Gasteiger partial charge on any atom is -0.307 e. The van der Waals surface area contributed by atoms with E-state index in [1.54, 1.807) is 0 Å². The van der Waals surface area contributed by atoms with Crippen molar-refractivity contribution in [3.63, 3.8) is 0 Å². The van der Waals surface area contributed by atoms with Gasteiger partial charge in [-0.3, -0.25) is 0 Å². The van der Waals surface area contributed by atoms with Gasteiger partial charge in [0.25, 0.3) is 0 Å². The lowest BCUT2D eigenvalue weighted by Gasteiger charge is -2.30. The van der Waals surface area contributed by atoms with Crippen LogP contribution in [0.3, 0.4) is 0 Å². The fraction of sp³-hybridized carbons (Fsp3) is 0.889. The number of H-pyrrole nitrogens is 1.